The number of methoxy groups -OCH3 is 1. The molecule has 27 heavy (non-hydrogen) atoms. The fourth-order valence-corrected chi connectivity index (χ4v) is 4.18. The van der Waals surface area contributed by atoms with Gasteiger partial charge in [0.2, 0.25) is 0 Å². The van der Waals surface area contributed by atoms with E-state index in [0.717, 1.165) is 18.4 Å². The van der Waals surface area contributed by atoms with Gasteiger partial charge in [-0.05, 0) is 24.5 Å². The third kappa shape index (κ3) is 4.18. The summed E-state index contributed by atoms with van der Waals surface area (Å²) >= 11 is 1.18. The van der Waals surface area contributed by atoms with Crippen LogP contribution in [0, 0.1) is 11.3 Å². The molecule has 0 spiro atoms. The summed E-state index contributed by atoms with van der Waals surface area (Å²) in [5, 5.41) is 9.67. The van der Waals surface area contributed by atoms with Crippen LogP contribution >= 0.6 is 11.3 Å². The molecule has 2 heterocycles. The summed E-state index contributed by atoms with van der Waals surface area (Å²) in [5.74, 6) is -0.298. The van der Waals surface area contributed by atoms with E-state index in [1.54, 1.807) is 18.1 Å². The highest BCUT2D eigenvalue weighted by atomic mass is 32.1. The maximum Gasteiger partial charge on any atom is 0.269 e. The SMILES string of the molecule is COCCn1c(=C(C#N)C(=O)N2CCCC2)sc(=Cc2ccccc2)c1=O. The Morgan fingerprint density at radius 3 is 2.63 bits per heavy atom. The summed E-state index contributed by atoms with van der Waals surface area (Å²) < 4.78 is 7.48. The second kappa shape index (κ2) is 8.80. The number of thiazole rings is 1. The van der Waals surface area contributed by atoms with Crippen molar-refractivity contribution in [1.29, 1.82) is 5.26 Å². The van der Waals surface area contributed by atoms with Crippen LogP contribution < -0.4 is 14.8 Å². The van der Waals surface area contributed by atoms with Crippen molar-refractivity contribution in [1.82, 2.24) is 9.47 Å². The summed E-state index contributed by atoms with van der Waals surface area (Å²) in [6.45, 7) is 1.93. The van der Waals surface area contributed by atoms with E-state index in [1.165, 1.54) is 15.9 Å². The van der Waals surface area contributed by atoms with Crippen LogP contribution in [0.2, 0.25) is 0 Å². The van der Waals surface area contributed by atoms with E-state index in [2.05, 4.69) is 0 Å². The number of rotatable bonds is 5. The lowest BCUT2D eigenvalue weighted by atomic mass is 10.2. The molecule has 6 nitrogen and oxygen atoms in total. The van der Waals surface area contributed by atoms with Gasteiger partial charge in [0.25, 0.3) is 11.5 Å². The number of nitrogens with zero attached hydrogens (tertiary/aromatic N) is 3. The molecule has 3 rings (SSSR count). The molecule has 1 aromatic heterocycles. The number of nitriles is 1. The first-order chi connectivity index (χ1) is 13.2. The first kappa shape index (κ1) is 19.1. The van der Waals surface area contributed by atoms with Crippen molar-refractivity contribution in [2.24, 2.45) is 0 Å². The maximum atomic E-state index is 12.9. The maximum absolute atomic E-state index is 12.9. The van der Waals surface area contributed by atoms with Gasteiger partial charge in [-0.2, -0.15) is 5.26 Å². The van der Waals surface area contributed by atoms with E-state index in [4.69, 9.17) is 4.74 Å². The zero-order chi connectivity index (χ0) is 19.2. The molecule has 1 fully saturated rings. The Labute approximate surface area is 161 Å². The Morgan fingerprint density at radius 2 is 2.00 bits per heavy atom. The number of carbonyl (C=O) groups is 1. The lowest BCUT2D eigenvalue weighted by Crippen LogP contribution is -2.36. The number of likely N-dealkylation sites (tertiary alicyclic amines) is 1. The van der Waals surface area contributed by atoms with E-state index in [-0.39, 0.29) is 17.0 Å². The molecule has 0 aliphatic carbocycles. The summed E-state index contributed by atoms with van der Waals surface area (Å²) in [6, 6.07) is 11.5. The summed E-state index contributed by atoms with van der Waals surface area (Å²) in [6.07, 6.45) is 3.67. The van der Waals surface area contributed by atoms with Crippen molar-refractivity contribution in [2.45, 2.75) is 19.4 Å². The highest BCUT2D eigenvalue weighted by Gasteiger charge is 2.24. The smallest absolute Gasteiger partial charge is 0.269 e. The first-order valence-corrected chi connectivity index (χ1v) is 9.66. The summed E-state index contributed by atoms with van der Waals surface area (Å²) in [4.78, 5) is 27.4. The molecule has 1 saturated heterocycles. The van der Waals surface area contributed by atoms with E-state index in [1.807, 2.05) is 36.4 Å². The normalized spacial score (nSPS) is 15.7. The third-order valence-electron chi connectivity index (χ3n) is 4.46. The Bertz CT molecular complexity index is 1030. The van der Waals surface area contributed by atoms with Gasteiger partial charge in [-0.25, -0.2) is 0 Å². The van der Waals surface area contributed by atoms with Crippen molar-refractivity contribution in [2.75, 3.05) is 26.8 Å². The lowest BCUT2D eigenvalue weighted by Gasteiger charge is -2.14. The Hall–Kier alpha value is -2.69. The monoisotopic (exact) mass is 383 g/mol. The van der Waals surface area contributed by atoms with Crippen LogP contribution in [0.25, 0.3) is 11.6 Å². The Kier molecular flexibility index (Phi) is 6.22. The topological polar surface area (TPSA) is 75.3 Å². The number of aromatic nitrogens is 1. The van der Waals surface area contributed by atoms with Gasteiger partial charge >= 0.3 is 0 Å². The largest absolute Gasteiger partial charge is 0.383 e. The van der Waals surface area contributed by atoms with Crippen LogP contribution in [0.5, 0.6) is 0 Å². The van der Waals surface area contributed by atoms with Gasteiger partial charge in [-0.1, -0.05) is 30.3 Å². The Morgan fingerprint density at radius 1 is 1.30 bits per heavy atom. The van der Waals surface area contributed by atoms with Crippen molar-refractivity contribution in [3.63, 3.8) is 0 Å². The van der Waals surface area contributed by atoms with Crippen LogP contribution in [0.4, 0.5) is 0 Å². The average Bonchev–Trinajstić information content (AvgIpc) is 3.32. The minimum Gasteiger partial charge on any atom is -0.383 e. The molecule has 1 aromatic carbocycles. The molecule has 0 radical (unpaired) electrons. The van der Waals surface area contributed by atoms with Gasteiger partial charge in [-0.3, -0.25) is 14.2 Å². The molecule has 1 aliphatic rings. The summed E-state index contributed by atoms with van der Waals surface area (Å²) in [7, 11) is 1.55. The van der Waals surface area contributed by atoms with Gasteiger partial charge in [0.1, 0.15) is 10.7 Å². The molecule has 0 saturated carbocycles. The molecule has 7 heteroatoms. The van der Waals surface area contributed by atoms with Gasteiger partial charge in [0, 0.05) is 20.2 Å². The second-order valence-corrected chi connectivity index (χ2v) is 7.29. The highest BCUT2D eigenvalue weighted by Crippen LogP contribution is 2.11. The van der Waals surface area contributed by atoms with Crippen molar-refractivity contribution in [3.05, 3.63) is 55.4 Å². The molecule has 1 amide bonds. The van der Waals surface area contributed by atoms with Gasteiger partial charge in [0.15, 0.2) is 5.57 Å². The molecule has 0 atom stereocenters. The van der Waals surface area contributed by atoms with E-state index < -0.39 is 0 Å². The number of ether oxygens (including phenoxy) is 1. The van der Waals surface area contributed by atoms with Gasteiger partial charge in [0.05, 0.1) is 17.7 Å². The standard InChI is InChI=1S/C20H21N3O3S/c1-26-12-11-23-19(25)17(13-15-7-3-2-4-8-15)27-20(23)16(14-21)18(24)22-9-5-6-10-22/h2-4,7-8,13H,5-6,9-12H2,1H3. The molecular weight excluding hydrogens is 362 g/mol. The molecule has 2 aromatic rings. The predicted octanol–water partition coefficient (Wildman–Crippen LogP) is 0.682. The molecule has 1 aliphatic heterocycles. The van der Waals surface area contributed by atoms with Crippen molar-refractivity contribution < 1.29 is 9.53 Å². The minimum atomic E-state index is -0.298. The van der Waals surface area contributed by atoms with Crippen LogP contribution in [-0.2, 0) is 16.1 Å². The van der Waals surface area contributed by atoms with Gasteiger partial charge < -0.3 is 9.64 Å². The molecule has 0 bridgehead atoms. The number of amides is 1. The number of benzene rings is 1. The van der Waals surface area contributed by atoms with Crippen LogP contribution in [0.3, 0.4) is 0 Å². The van der Waals surface area contributed by atoms with Crippen LogP contribution in [0.1, 0.15) is 18.4 Å². The fraction of sp³-hybridized carbons (Fsp3) is 0.350. The third-order valence-corrected chi connectivity index (χ3v) is 5.59. The fourth-order valence-electron chi connectivity index (χ4n) is 3.06. The highest BCUT2D eigenvalue weighted by molar-refractivity contribution is 7.07. The molecule has 140 valence electrons. The van der Waals surface area contributed by atoms with Crippen molar-refractivity contribution >= 4 is 28.9 Å². The minimum absolute atomic E-state index is 0.0304. The Balaban J connectivity index is 2.19. The summed E-state index contributed by atoms with van der Waals surface area (Å²) in [5.41, 5.74) is 0.714. The van der Waals surface area contributed by atoms with E-state index in [0.29, 0.717) is 35.4 Å². The number of hydrogen-bond acceptors (Lipinski definition) is 5. The lowest BCUT2D eigenvalue weighted by molar-refractivity contribution is -0.123. The zero-order valence-corrected chi connectivity index (χ0v) is 16.0. The van der Waals surface area contributed by atoms with Crippen LogP contribution in [0.15, 0.2) is 35.1 Å². The van der Waals surface area contributed by atoms with Crippen molar-refractivity contribution in [3.8, 4) is 6.07 Å². The van der Waals surface area contributed by atoms with E-state index in [9.17, 15) is 14.9 Å². The molecule has 0 unspecified atom stereocenters. The second-order valence-electron chi connectivity index (χ2n) is 6.26. The zero-order valence-electron chi connectivity index (χ0n) is 15.2. The molecular formula is C20H21N3O3S. The first-order valence-electron chi connectivity index (χ1n) is 8.84. The predicted molar refractivity (Wildman–Crippen MR) is 105 cm³/mol. The number of hydrogen-bond donors (Lipinski definition) is 0. The average molecular weight is 383 g/mol. The number of carbonyl (C=O) groups excluding carboxylic acids is 1. The van der Waals surface area contributed by atoms with Crippen LogP contribution in [-0.4, -0.2) is 42.2 Å². The van der Waals surface area contributed by atoms with Gasteiger partial charge in [-0.15, -0.1) is 11.3 Å². The quantitative estimate of drug-likeness (QED) is 0.761. The van der Waals surface area contributed by atoms with E-state index >= 15 is 0 Å². The molecule has 0 N–H and O–H groups in total.